The summed E-state index contributed by atoms with van der Waals surface area (Å²) in [5.74, 6) is 2.91. The van der Waals surface area contributed by atoms with Gasteiger partial charge in [0.25, 0.3) is 5.56 Å². The Bertz CT molecular complexity index is 1900. The molecule has 8 nitrogen and oxygen atoms in total. The fourth-order valence-electron chi connectivity index (χ4n) is 5.27. The lowest BCUT2D eigenvalue weighted by atomic mass is 9.96. The van der Waals surface area contributed by atoms with Crippen LogP contribution in [0.4, 0.5) is 0 Å². The van der Waals surface area contributed by atoms with E-state index in [1.54, 1.807) is 38.6 Å². The van der Waals surface area contributed by atoms with Crippen molar-refractivity contribution in [2.24, 2.45) is 5.10 Å². The molecule has 0 saturated heterocycles. The summed E-state index contributed by atoms with van der Waals surface area (Å²) < 4.78 is 24.8. The molecule has 5 rings (SSSR count). The lowest BCUT2D eigenvalue weighted by molar-refractivity contribution is 0.266. The van der Waals surface area contributed by atoms with Gasteiger partial charge >= 0.3 is 0 Å². The Morgan fingerprint density at radius 3 is 2.29 bits per heavy atom. The topological polar surface area (TPSA) is 84.2 Å². The zero-order chi connectivity index (χ0) is 32.1. The first-order valence-electron chi connectivity index (χ1n) is 15.0. The van der Waals surface area contributed by atoms with Crippen LogP contribution in [0.1, 0.15) is 54.5 Å². The summed E-state index contributed by atoms with van der Waals surface area (Å²) in [5, 5.41) is 5.17. The van der Waals surface area contributed by atoms with E-state index in [0.29, 0.717) is 52.8 Å². The van der Waals surface area contributed by atoms with Gasteiger partial charge in [-0.05, 0) is 79.8 Å². The minimum Gasteiger partial charge on any atom is -0.494 e. The summed E-state index contributed by atoms with van der Waals surface area (Å²) in [6.45, 7) is 11.1. The highest BCUT2D eigenvalue weighted by molar-refractivity contribution is 5.84. The summed E-state index contributed by atoms with van der Waals surface area (Å²) in [5.41, 5.74) is 5.93. The number of ether oxygens (including phenoxy) is 4. The highest BCUT2D eigenvalue weighted by Gasteiger charge is 2.19. The van der Waals surface area contributed by atoms with Crippen molar-refractivity contribution >= 4 is 17.1 Å². The van der Waals surface area contributed by atoms with E-state index in [0.717, 1.165) is 33.6 Å². The Balaban J connectivity index is 1.61. The van der Waals surface area contributed by atoms with Gasteiger partial charge in [-0.2, -0.15) is 9.78 Å². The van der Waals surface area contributed by atoms with Gasteiger partial charge in [-0.3, -0.25) is 4.79 Å². The molecule has 0 saturated carbocycles. The predicted molar refractivity (Wildman–Crippen MR) is 179 cm³/mol. The molecule has 45 heavy (non-hydrogen) atoms. The number of hydrogen-bond acceptors (Lipinski definition) is 7. The summed E-state index contributed by atoms with van der Waals surface area (Å²) in [4.78, 5) is 18.8. The molecule has 0 unspecified atom stereocenters. The maximum Gasteiger partial charge on any atom is 0.282 e. The molecule has 0 radical (unpaired) electrons. The number of para-hydroxylation sites is 1. The van der Waals surface area contributed by atoms with Crippen molar-refractivity contribution < 1.29 is 18.9 Å². The van der Waals surface area contributed by atoms with Crippen LogP contribution in [-0.2, 0) is 6.61 Å². The molecule has 1 aromatic heterocycles. The van der Waals surface area contributed by atoms with Crippen molar-refractivity contribution in [1.82, 2.24) is 9.66 Å². The van der Waals surface area contributed by atoms with E-state index in [-0.39, 0.29) is 11.5 Å². The summed E-state index contributed by atoms with van der Waals surface area (Å²) >= 11 is 0. The number of rotatable bonds is 11. The quantitative estimate of drug-likeness (QED) is 0.144. The van der Waals surface area contributed by atoms with Crippen molar-refractivity contribution in [3.63, 3.8) is 0 Å². The van der Waals surface area contributed by atoms with E-state index in [9.17, 15) is 4.79 Å². The first-order valence-corrected chi connectivity index (χ1v) is 15.0. The van der Waals surface area contributed by atoms with Crippen LogP contribution in [0.25, 0.3) is 22.3 Å². The van der Waals surface area contributed by atoms with Gasteiger partial charge in [0.15, 0.2) is 17.3 Å². The summed E-state index contributed by atoms with van der Waals surface area (Å²) in [6, 6.07) is 23.1. The SMILES string of the molecule is CCOc1cc(C)c(-c2nc3ccccc3c(=O)n2N=Cc2cc(OC)c(OCc3cccc(C)c3)c(OC)c2)cc1C(C)C. The molecule has 0 fully saturated rings. The molecule has 8 heteroatoms. The van der Waals surface area contributed by atoms with E-state index in [1.165, 1.54) is 4.68 Å². The number of aromatic nitrogens is 2. The maximum absolute atomic E-state index is 13.9. The molecule has 0 aliphatic rings. The number of aryl methyl sites for hydroxylation is 2. The van der Waals surface area contributed by atoms with E-state index in [1.807, 2.05) is 63.2 Å². The fourth-order valence-corrected chi connectivity index (χ4v) is 5.27. The second-order valence-corrected chi connectivity index (χ2v) is 11.1. The third kappa shape index (κ3) is 6.70. The molecule has 1 heterocycles. The molecule has 0 atom stereocenters. The van der Waals surface area contributed by atoms with Crippen molar-refractivity contribution in [2.45, 2.75) is 47.1 Å². The molecule has 232 valence electrons. The molecular formula is C37H39N3O5. The van der Waals surface area contributed by atoms with Gasteiger partial charge in [0.05, 0.1) is 37.9 Å². The third-order valence-corrected chi connectivity index (χ3v) is 7.54. The highest BCUT2D eigenvalue weighted by atomic mass is 16.5. The van der Waals surface area contributed by atoms with Crippen LogP contribution in [0.5, 0.6) is 23.0 Å². The summed E-state index contributed by atoms with van der Waals surface area (Å²) in [6.07, 6.45) is 1.60. The third-order valence-electron chi connectivity index (χ3n) is 7.54. The van der Waals surface area contributed by atoms with Crippen molar-refractivity contribution in [3.8, 4) is 34.4 Å². The number of fused-ring (bicyclic) bond motifs is 1. The van der Waals surface area contributed by atoms with Gasteiger partial charge in [-0.15, -0.1) is 0 Å². The van der Waals surface area contributed by atoms with Gasteiger partial charge in [0.2, 0.25) is 5.75 Å². The zero-order valence-corrected chi connectivity index (χ0v) is 26.9. The monoisotopic (exact) mass is 605 g/mol. The minimum absolute atomic E-state index is 0.196. The molecule has 5 aromatic rings. The second-order valence-electron chi connectivity index (χ2n) is 11.1. The molecular weight excluding hydrogens is 566 g/mol. The lowest BCUT2D eigenvalue weighted by Gasteiger charge is -2.18. The van der Waals surface area contributed by atoms with Crippen LogP contribution in [0, 0.1) is 13.8 Å². The van der Waals surface area contributed by atoms with Gasteiger partial charge in [-0.25, -0.2) is 4.98 Å². The Morgan fingerprint density at radius 1 is 0.889 bits per heavy atom. The molecule has 0 spiro atoms. The highest BCUT2D eigenvalue weighted by Crippen LogP contribution is 2.39. The van der Waals surface area contributed by atoms with Crippen LogP contribution in [0.3, 0.4) is 0 Å². The van der Waals surface area contributed by atoms with E-state index >= 15 is 0 Å². The van der Waals surface area contributed by atoms with Gasteiger partial charge in [0, 0.05) is 11.1 Å². The fraction of sp³-hybridized carbons (Fsp3) is 0.270. The summed E-state index contributed by atoms with van der Waals surface area (Å²) in [7, 11) is 3.15. The molecule has 0 aliphatic heterocycles. The number of hydrogen-bond donors (Lipinski definition) is 0. The molecule has 0 amide bonds. The van der Waals surface area contributed by atoms with Gasteiger partial charge < -0.3 is 18.9 Å². The van der Waals surface area contributed by atoms with Crippen molar-refractivity contribution in [2.75, 3.05) is 20.8 Å². The zero-order valence-electron chi connectivity index (χ0n) is 26.9. The minimum atomic E-state index is -0.275. The van der Waals surface area contributed by atoms with Crippen LogP contribution < -0.4 is 24.5 Å². The van der Waals surface area contributed by atoms with Crippen LogP contribution in [0.2, 0.25) is 0 Å². The van der Waals surface area contributed by atoms with E-state index in [4.69, 9.17) is 29.0 Å². The molecule has 4 aromatic carbocycles. The Kier molecular flexibility index (Phi) is 9.52. The van der Waals surface area contributed by atoms with Crippen molar-refractivity contribution in [3.05, 3.63) is 111 Å². The second kappa shape index (κ2) is 13.7. The maximum atomic E-state index is 13.9. The number of nitrogens with zero attached hydrogens (tertiary/aromatic N) is 3. The average Bonchev–Trinajstić information content (AvgIpc) is 3.03. The van der Waals surface area contributed by atoms with Gasteiger partial charge in [0.1, 0.15) is 12.4 Å². The van der Waals surface area contributed by atoms with E-state index in [2.05, 4.69) is 26.0 Å². The number of benzene rings is 4. The standard InChI is InChI=1S/C37H39N3O5/c1-8-44-32-17-25(5)30(20-29(32)23(2)3)36-39-31-15-10-9-14-28(31)37(41)40(36)38-21-27-18-33(42-6)35(34(19-27)43-7)45-22-26-13-11-12-24(4)16-26/h9-21,23H,8,22H2,1-7H3. The molecule has 0 bridgehead atoms. The molecule has 0 N–H and O–H groups in total. The normalized spacial score (nSPS) is 11.4. The lowest BCUT2D eigenvalue weighted by Crippen LogP contribution is -2.21. The average molecular weight is 606 g/mol. The number of methoxy groups -OCH3 is 2. The van der Waals surface area contributed by atoms with Crippen LogP contribution >= 0.6 is 0 Å². The van der Waals surface area contributed by atoms with Crippen LogP contribution in [0.15, 0.2) is 82.7 Å². The largest absolute Gasteiger partial charge is 0.494 e. The first kappa shape index (κ1) is 31.3. The van der Waals surface area contributed by atoms with Crippen LogP contribution in [-0.4, -0.2) is 36.7 Å². The Morgan fingerprint density at radius 2 is 1.62 bits per heavy atom. The molecule has 0 aliphatic carbocycles. The smallest absolute Gasteiger partial charge is 0.282 e. The van der Waals surface area contributed by atoms with E-state index < -0.39 is 0 Å². The Labute approximate surface area is 263 Å². The van der Waals surface area contributed by atoms with Gasteiger partial charge in [-0.1, -0.05) is 55.8 Å². The predicted octanol–water partition coefficient (Wildman–Crippen LogP) is 7.68. The Hall–Kier alpha value is -5.11. The first-order chi connectivity index (χ1) is 21.7. The van der Waals surface area contributed by atoms with Crippen molar-refractivity contribution in [1.29, 1.82) is 0 Å².